The molecule has 0 radical (unpaired) electrons. The Balaban J connectivity index is 1.97. The summed E-state index contributed by atoms with van der Waals surface area (Å²) in [6, 6.07) is 1.79. The zero-order chi connectivity index (χ0) is 13.9. The predicted molar refractivity (Wildman–Crippen MR) is 76.3 cm³/mol. The number of sulfone groups is 1. The zero-order valence-electron chi connectivity index (χ0n) is 10.5. The fraction of sp³-hybridized carbons (Fsp3) is 0.455. The second-order valence-corrected chi connectivity index (χ2v) is 7.45. The molecular weight excluding hydrogens is 286 g/mol. The molecule has 2 heterocycles. The predicted octanol–water partition coefficient (Wildman–Crippen LogP) is 0.509. The lowest BCUT2D eigenvalue weighted by atomic mass is 10.4. The summed E-state index contributed by atoms with van der Waals surface area (Å²) in [7, 11) is -2.96. The molecule has 0 atom stereocenters. The van der Waals surface area contributed by atoms with Gasteiger partial charge in [0.05, 0.1) is 17.8 Å². The molecule has 0 unspecified atom stereocenters. The van der Waals surface area contributed by atoms with E-state index >= 15 is 0 Å². The van der Waals surface area contributed by atoms with Crippen LogP contribution in [0.1, 0.15) is 12.7 Å². The highest BCUT2D eigenvalue weighted by Gasteiger charge is 2.07. The van der Waals surface area contributed by atoms with Crippen molar-refractivity contribution >= 4 is 31.4 Å². The Bertz CT molecular complexity index is 718. The van der Waals surface area contributed by atoms with Gasteiger partial charge in [-0.05, 0) is 11.4 Å². The molecule has 0 bridgehead atoms. The van der Waals surface area contributed by atoms with E-state index in [0.29, 0.717) is 29.1 Å². The van der Waals surface area contributed by atoms with Gasteiger partial charge in [0.1, 0.15) is 10.5 Å². The van der Waals surface area contributed by atoms with Crippen molar-refractivity contribution in [2.75, 3.05) is 18.1 Å². The first-order valence-electron chi connectivity index (χ1n) is 5.89. The molecule has 2 rings (SSSR count). The van der Waals surface area contributed by atoms with Crippen LogP contribution in [0.15, 0.2) is 16.2 Å². The summed E-state index contributed by atoms with van der Waals surface area (Å²) in [5, 5.41) is 4.79. The molecule has 6 nitrogen and oxygen atoms in total. The minimum absolute atomic E-state index is 0.0917. The van der Waals surface area contributed by atoms with E-state index in [4.69, 9.17) is 0 Å². The molecule has 0 aliphatic heterocycles. The summed E-state index contributed by atoms with van der Waals surface area (Å²) in [6.07, 6.45) is 0. The van der Waals surface area contributed by atoms with Gasteiger partial charge in [0.15, 0.2) is 9.84 Å². The van der Waals surface area contributed by atoms with Crippen LogP contribution in [0.5, 0.6) is 0 Å². The Morgan fingerprint density at radius 3 is 3.00 bits per heavy atom. The van der Waals surface area contributed by atoms with Crippen molar-refractivity contribution in [3.63, 3.8) is 0 Å². The number of nitrogens with zero attached hydrogens (tertiary/aromatic N) is 1. The third kappa shape index (κ3) is 3.62. The molecule has 0 amide bonds. The molecule has 104 valence electrons. The van der Waals surface area contributed by atoms with Gasteiger partial charge < -0.3 is 10.3 Å². The molecule has 0 aliphatic carbocycles. The summed E-state index contributed by atoms with van der Waals surface area (Å²) in [5.74, 6) is 0.754. The van der Waals surface area contributed by atoms with Crippen LogP contribution in [0.2, 0.25) is 0 Å². The first kappa shape index (κ1) is 14.2. The maximum atomic E-state index is 11.7. The molecule has 0 fully saturated rings. The van der Waals surface area contributed by atoms with Crippen molar-refractivity contribution < 1.29 is 8.42 Å². The van der Waals surface area contributed by atoms with Crippen LogP contribution in [0.25, 0.3) is 10.2 Å². The summed E-state index contributed by atoms with van der Waals surface area (Å²) in [6.45, 7) is 2.32. The Hall–Kier alpha value is -1.25. The minimum Gasteiger partial charge on any atom is -0.309 e. The van der Waals surface area contributed by atoms with Crippen molar-refractivity contribution in [3.05, 3.63) is 27.6 Å². The number of hydrogen-bond acceptors (Lipinski definition) is 6. The van der Waals surface area contributed by atoms with Gasteiger partial charge >= 0.3 is 0 Å². The minimum atomic E-state index is -2.96. The van der Waals surface area contributed by atoms with Crippen molar-refractivity contribution in [2.24, 2.45) is 0 Å². The maximum absolute atomic E-state index is 11.7. The van der Waals surface area contributed by atoms with Gasteiger partial charge in [-0.1, -0.05) is 6.92 Å². The third-order valence-electron chi connectivity index (χ3n) is 2.69. The zero-order valence-corrected chi connectivity index (χ0v) is 12.1. The first-order chi connectivity index (χ1) is 9.02. The van der Waals surface area contributed by atoms with Crippen molar-refractivity contribution in [1.29, 1.82) is 0 Å². The van der Waals surface area contributed by atoms with E-state index in [-0.39, 0.29) is 17.1 Å². The molecule has 0 aliphatic rings. The number of aromatic nitrogens is 2. The summed E-state index contributed by atoms with van der Waals surface area (Å²) >= 11 is 1.35. The normalized spacial score (nSPS) is 12.1. The molecule has 0 aromatic carbocycles. The highest BCUT2D eigenvalue weighted by Crippen LogP contribution is 2.13. The van der Waals surface area contributed by atoms with Crippen LogP contribution in [0.3, 0.4) is 0 Å². The molecule has 2 aromatic heterocycles. The Morgan fingerprint density at radius 1 is 1.47 bits per heavy atom. The average Bonchev–Trinajstić information content (AvgIpc) is 2.83. The van der Waals surface area contributed by atoms with Crippen LogP contribution in [0, 0.1) is 0 Å². The van der Waals surface area contributed by atoms with Gasteiger partial charge in [-0.2, -0.15) is 0 Å². The molecule has 0 saturated carbocycles. The fourth-order valence-corrected chi connectivity index (χ4v) is 3.05. The third-order valence-corrected chi connectivity index (χ3v) is 5.29. The number of rotatable bonds is 6. The lowest BCUT2D eigenvalue weighted by molar-refractivity contribution is 0.590. The largest absolute Gasteiger partial charge is 0.309 e. The number of aromatic amines is 1. The van der Waals surface area contributed by atoms with Gasteiger partial charge in [0, 0.05) is 12.3 Å². The van der Waals surface area contributed by atoms with Gasteiger partial charge in [0.25, 0.3) is 5.56 Å². The van der Waals surface area contributed by atoms with Gasteiger partial charge in [-0.3, -0.25) is 4.79 Å². The van der Waals surface area contributed by atoms with E-state index in [1.165, 1.54) is 11.3 Å². The Morgan fingerprint density at radius 2 is 2.26 bits per heavy atom. The van der Waals surface area contributed by atoms with Crippen LogP contribution < -0.4 is 10.9 Å². The molecule has 8 heteroatoms. The van der Waals surface area contributed by atoms with Gasteiger partial charge in [-0.15, -0.1) is 11.3 Å². The highest BCUT2D eigenvalue weighted by atomic mass is 32.2. The SMILES string of the molecule is CCS(=O)(=O)CCNCc1nc2ccsc2c(=O)[nH]1. The number of nitrogens with one attached hydrogen (secondary N) is 2. The Kier molecular flexibility index (Phi) is 4.33. The van der Waals surface area contributed by atoms with E-state index in [2.05, 4.69) is 15.3 Å². The van der Waals surface area contributed by atoms with E-state index in [1.807, 2.05) is 5.38 Å². The van der Waals surface area contributed by atoms with Crippen LogP contribution in [-0.2, 0) is 16.4 Å². The monoisotopic (exact) mass is 301 g/mol. The first-order valence-corrected chi connectivity index (χ1v) is 8.59. The molecule has 0 spiro atoms. The number of fused-ring (bicyclic) bond motifs is 1. The summed E-state index contributed by atoms with van der Waals surface area (Å²) in [5.41, 5.74) is 0.518. The average molecular weight is 301 g/mol. The van der Waals surface area contributed by atoms with Crippen LogP contribution in [-0.4, -0.2) is 36.4 Å². The maximum Gasteiger partial charge on any atom is 0.268 e. The molecule has 0 saturated heterocycles. The number of thiophene rings is 1. The quantitative estimate of drug-likeness (QED) is 0.758. The second-order valence-electron chi connectivity index (χ2n) is 4.06. The van der Waals surface area contributed by atoms with E-state index in [1.54, 1.807) is 13.0 Å². The van der Waals surface area contributed by atoms with Crippen molar-refractivity contribution in [2.45, 2.75) is 13.5 Å². The Labute approximate surface area is 114 Å². The van der Waals surface area contributed by atoms with Crippen LogP contribution in [0.4, 0.5) is 0 Å². The lowest BCUT2D eigenvalue weighted by Gasteiger charge is -2.04. The van der Waals surface area contributed by atoms with Gasteiger partial charge in [-0.25, -0.2) is 13.4 Å². The standard InChI is InChI=1S/C11H15N3O3S2/c1-2-19(16,17)6-4-12-7-9-13-8-3-5-18-10(8)11(15)14-9/h3,5,12H,2,4,6-7H2,1H3,(H,13,14,15). The molecule has 2 aromatic rings. The highest BCUT2D eigenvalue weighted by molar-refractivity contribution is 7.91. The smallest absolute Gasteiger partial charge is 0.268 e. The van der Waals surface area contributed by atoms with Crippen molar-refractivity contribution in [1.82, 2.24) is 15.3 Å². The second kappa shape index (κ2) is 5.81. The fourth-order valence-electron chi connectivity index (χ4n) is 1.58. The van der Waals surface area contributed by atoms with Crippen molar-refractivity contribution in [3.8, 4) is 0 Å². The molecule has 2 N–H and O–H groups in total. The van der Waals surface area contributed by atoms with Crippen LogP contribution >= 0.6 is 11.3 Å². The molecular formula is C11H15N3O3S2. The van der Waals surface area contributed by atoms with Gasteiger partial charge in [0.2, 0.25) is 0 Å². The lowest BCUT2D eigenvalue weighted by Crippen LogP contribution is -2.25. The number of H-pyrrole nitrogens is 1. The summed E-state index contributed by atoms with van der Waals surface area (Å²) in [4.78, 5) is 18.7. The molecule has 19 heavy (non-hydrogen) atoms. The van der Waals surface area contributed by atoms with E-state index < -0.39 is 9.84 Å². The van der Waals surface area contributed by atoms with E-state index in [9.17, 15) is 13.2 Å². The summed E-state index contributed by atoms with van der Waals surface area (Å²) < 4.78 is 23.2. The topological polar surface area (TPSA) is 91.9 Å². The van der Waals surface area contributed by atoms with E-state index in [0.717, 1.165) is 0 Å². The number of hydrogen-bond donors (Lipinski definition) is 2.